The van der Waals surface area contributed by atoms with Gasteiger partial charge in [0.15, 0.2) is 0 Å². The van der Waals surface area contributed by atoms with Crippen molar-refractivity contribution >= 4 is 11.8 Å². The van der Waals surface area contributed by atoms with Crippen LogP contribution in [0.25, 0.3) is 22.3 Å². The Labute approximate surface area is 188 Å². The van der Waals surface area contributed by atoms with Crippen LogP contribution in [0.15, 0.2) is 102 Å². The van der Waals surface area contributed by atoms with Crippen molar-refractivity contribution in [2.24, 2.45) is 0 Å². The monoisotopic (exact) mass is 426 g/mol. The molecule has 0 saturated heterocycles. The van der Waals surface area contributed by atoms with E-state index in [1.54, 1.807) is 0 Å². The maximum Gasteiger partial charge on any atom is 0.119 e. The van der Waals surface area contributed by atoms with E-state index in [4.69, 9.17) is 4.74 Å². The van der Waals surface area contributed by atoms with E-state index in [1.807, 2.05) is 43.0 Å². The highest BCUT2D eigenvalue weighted by Gasteiger charge is 2.02. The van der Waals surface area contributed by atoms with Crippen molar-refractivity contribution in [1.82, 2.24) is 0 Å². The lowest BCUT2D eigenvalue weighted by atomic mass is 10.0. The quantitative estimate of drug-likeness (QED) is 0.302. The molecule has 0 aliphatic heterocycles. The first-order valence-electron chi connectivity index (χ1n) is 10.5. The van der Waals surface area contributed by atoms with Crippen LogP contribution in [0.5, 0.6) is 5.75 Å². The van der Waals surface area contributed by atoms with E-state index in [2.05, 4.69) is 72.8 Å². The summed E-state index contributed by atoms with van der Waals surface area (Å²) in [5, 5.41) is 9.18. The molecule has 0 atom stereocenters. The number of thioether (sulfide) groups is 1. The SMILES string of the molecule is CCOc1ccc(-c2ccc(CSc3ccc(-c4ccc(CO)cc4)cc3)cc2)cc1. The third-order valence-electron chi connectivity index (χ3n) is 5.18. The smallest absolute Gasteiger partial charge is 0.119 e. The number of benzene rings is 4. The summed E-state index contributed by atoms with van der Waals surface area (Å²) in [6.07, 6.45) is 0. The van der Waals surface area contributed by atoms with Crippen molar-refractivity contribution in [3.05, 3.63) is 108 Å². The van der Waals surface area contributed by atoms with Gasteiger partial charge in [-0.3, -0.25) is 0 Å². The van der Waals surface area contributed by atoms with E-state index >= 15 is 0 Å². The minimum Gasteiger partial charge on any atom is -0.494 e. The van der Waals surface area contributed by atoms with Crippen molar-refractivity contribution in [3.63, 3.8) is 0 Å². The van der Waals surface area contributed by atoms with Gasteiger partial charge in [-0.2, -0.15) is 0 Å². The van der Waals surface area contributed by atoms with Crippen LogP contribution in [0.3, 0.4) is 0 Å². The van der Waals surface area contributed by atoms with Crippen LogP contribution >= 0.6 is 11.8 Å². The molecular formula is C28H26O2S. The summed E-state index contributed by atoms with van der Waals surface area (Å²) in [5.41, 5.74) is 7.01. The molecule has 4 aromatic rings. The van der Waals surface area contributed by atoms with Gasteiger partial charge in [-0.25, -0.2) is 0 Å². The first kappa shape index (κ1) is 21.2. The summed E-state index contributed by atoms with van der Waals surface area (Å²) < 4.78 is 5.52. The van der Waals surface area contributed by atoms with E-state index in [0.29, 0.717) is 6.61 Å². The number of hydrogen-bond acceptors (Lipinski definition) is 3. The molecule has 3 heteroatoms. The minimum atomic E-state index is 0.0804. The van der Waals surface area contributed by atoms with Gasteiger partial charge < -0.3 is 9.84 Å². The molecule has 0 saturated carbocycles. The van der Waals surface area contributed by atoms with Gasteiger partial charge in [0.25, 0.3) is 0 Å². The Balaban J connectivity index is 1.35. The zero-order valence-corrected chi connectivity index (χ0v) is 18.4. The maximum atomic E-state index is 9.18. The second-order valence-electron chi connectivity index (χ2n) is 7.32. The van der Waals surface area contributed by atoms with Gasteiger partial charge in [0.1, 0.15) is 5.75 Å². The zero-order chi connectivity index (χ0) is 21.5. The second-order valence-corrected chi connectivity index (χ2v) is 8.37. The van der Waals surface area contributed by atoms with Gasteiger partial charge in [-0.15, -0.1) is 11.8 Å². The molecule has 0 aliphatic carbocycles. The zero-order valence-electron chi connectivity index (χ0n) is 17.6. The Morgan fingerprint density at radius 3 is 1.55 bits per heavy atom. The molecule has 0 spiro atoms. The summed E-state index contributed by atoms with van der Waals surface area (Å²) >= 11 is 1.84. The molecule has 0 aliphatic rings. The van der Waals surface area contributed by atoms with Crippen LogP contribution in [0, 0.1) is 0 Å². The Morgan fingerprint density at radius 1 is 0.613 bits per heavy atom. The lowest BCUT2D eigenvalue weighted by molar-refractivity contribution is 0.282. The first-order valence-corrected chi connectivity index (χ1v) is 11.5. The lowest BCUT2D eigenvalue weighted by Crippen LogP contribution is -1.90. The molecule has 0 aromatic heterocycles. The van der Waals surface area contributed by atoms with E-state index < -0.39 is 0 Å². The third kappa shape index (κ3) is 5.57. The average Bonchev–Trinajstić information content (AvgIpc) is 2.84. The number of aliphatic hydroxyl groups excluding tert-OH is 1. The van der Waals surface area contributed by atoms with Crippen molar-refractivity contribution in [2.45, 2.75) is 24.2 Å². The molecule has 1 N–H and O–H groups in total. The van der Waals surface area contributed by atoms with Crippen molar-refractivity contribution < 1.29 is 9.84 Å². The topological polar surface area (TPSA) is 29.5 Å². The molecule has 0 heterocycles. The lowest BCUT2D eigenvalue weighted by Gasteiger charge is -2.08. The van der Waals surface area contributed by atoms with Crippen LogP contribution < -0.4 is 4.74 Å². The molecule has 2 nitrogen and oxygen atoms in total. The van der Waals surface area contributed by atoms with Gasteiger partial charge in [0, 0.05) is 10.6 Å². The molecule has 4 aromatic carbocycles. The summed E-state index contributed by atoms with van der Waals surface area (Å²) in [6.45, 7) is 2.76. The third-order valence-corrected chi connectivity index (χ3v) is 6.27. The Morgan fingerprint density at radius 2 is 1.06 bits per heavy atom. The molecule has 0 bridgehead atoms. The Hall–Kier alpha value is -3.01. The number of aliphatic hydroxyl groups is 1. The van der Waals surface area contributed by atoms with Crippen LogP contribution in [-0.4, -0.2) is 11.7 Å². The summed E-state index contributed by atoms with van der Waals surface area (Å²) in [7, 11) is 0. The number of hydrogen-bond donors (Lipinski definition) is 1. The second kappa shape index (κ2) is 10.3. The highest BCUT2D eigenvalue weighted by molar-refractivity contribution is 7.98. The highest BCUT2D eigenvalue weighted by atomic mass is 32.2. The molecule has 0 radical (unpaired) electrons. The predicted molar refractivity (Wildman–Crippen MR) is 130 cm³/mol. The van der Waals surface area contributed by atoms with E-state index in [1.165, 1.54) is 32.7 Å². The molecule has 0 amide bonds. The van der Waals surface area contributed by atoms with Crippen molar-refractivity contribution in [1.29, 1.82) is 0 Å². The van der Waals surface area contributed by atoms with Gasteiger partial charge in [-0.05, 0) is 64.6 Å². The number of ether oxygens (including phenoxy) is 1. The van der Waals surface area contributed by atoms with Crippen molar-refractivity contribution in [2.75, 3.05) is 6.61 Å². The van der Waals surface area contributed by atoms with Crippen LogP contribution in [0.2, 0.25) is 0 Å². The first-order chi connectivity index (χ1) is 15.2. The van der Waals surface area contributed by atoms with E-state index in [9.17, 15) is 5.11 Å². The van der Waals surface area contributed by atoms with Crippen LogP contribution in [0.1, 0.15) is 18.1 Å². The molecule has 0 unspecified atom stereocenters. The van der Waals surface area contributed by atoms with Crippen LogP contribution in [0.4, 0.5) is 0 Å². The predicted octanol–water partition coefficient (Wildman–Crippen LogP) is 7.20. The molecule has 31 heavy (non-hydrogen) atoms. The fourth-order valence-corrected chi connectivity index (χ4v) is 4.27. The van der Waals surface area contributed by atoms with E-state index in [0.717, 1.165) is 17.1 Å². The number of rotatable bonds is 8. The van der Waals surface area contributed by atoms with Crippen LogP contribution in [-0.2, 0) is 12.4 Å². The largest absolute Gasteiger partial charge is 0.494 e. The summed E-state index contributed by atoms with van der Waals surface area (Å²) in [4.78, 5) is 1.26. The van der Waals surface area contributed by atoms with Gasteiger partial charge >= 0.3 is 0 Å². The Kier molecular flexibility index (Phi) is 7.08. The molecule has 4 rings (SSSR count). The van der Waals surface area contributed by atoms with Gasteiger partial charge in [0.2, 0.25) is 0 Å². The summed E-state index contributed by atoms with van der Waals surface area (Å²) in [6, 6.07) is 33.7. The summed E-state index contributed by atoms with van der Waals surface area (Å²) in [5.74, 6) is 1.85. The van der Waals surface area contributed by atoms with Gasteiger partial charge in [-0.1, -0.05) is 72.8 Å². The minimum absolute atomic E-state index is 0.0804. The standard InChI is InChI=1S/C28H26O2S/c1-2-30-27-15-11-25(12-16-27)24-9-5-22(6-10-24)20-31-28-17-13-26(14-18-28)23-7-3-21(19-29)4-8-23/h3-18,29H,2,19-20H2,1H3. The Bertz CT molecular complexity index is 1080. The van der Waals surface area contributed by atoms with Gasteiger partial charge in [0.05, 0.1) is 13.2 Å². The molecule has 156 valence electrons. The fraction of sp³-hybridized carbons (Fsp3) is 0.143. The van der Waals surface area contributed by atoms with E-state index in [-0.39, 0.29) is 6.61 Å². The molecular weight excluding hydrogens is 400 g/mol. The van der Waals surface area contributed by atoms with Crippen molar-refractivity contribution in [3.8, 4) is 28.0 Å². The highest BCUT2D eigenvalue weighted by Crippen LogP contribution is 2.28. The fourth-order valence-electron chi connectivity index (χ4n) is 3.42. The average molecular weight is 427 g/mol. The normalized spacial score (nSPS) is 10.8. The maximum absolute atomic E-state index is 9.18. The molecule has 0 fully saturated rings.